The van der Waals surface area contributed by atoms with Gasteiger partial charge in [0.25, 0.3) is 0 Å². The standard InChI is InChI=1S/C18H29NO2/c1-6-14(19)11-13-7-9-15(10-8-13)20-16-12-17(2,3)21-18(16,4)5/h7-10,14,16H,6,11-12,19H2,1-5H3. The highest BCUT2D eigenvalue weighted by Crippen LogP contribution is 2.39. The average molecular weight is 291 g/mol. The summed E-state index contributed by atoms with van der Waals surface area (Å²) in [5.74, 6) is 0.906. The Morgan fingerprint density at radius 2 is 1.86 bits per heavy atom. The summed E-state index contributed by atoms with van der Waals surface area (Å²) in [6.07, 6.45) is 2.90. The Bertz CT molecular complexity index is 465. The van der Waals surface area contributed by atoms with Crippen molar-refractivity contribution in [2.75, 3.05) is 0 Å². The van der Waals surface area contributed by atoms with Crippen LogP contribution >= 0.6 is 0 Å². The van der Waals surface area contributed by atoms with Gasteiger partial charge in [-0.15, -0.1) is 0 Å². The summed E-state index contributed by atoms with van der Waals surface area (Å²) >= 11 is 0. The van der Waals surface area contributed by atoms with E-state index in [4.69, 9.17) is 15.2 Å². The molecular weight excluding hydrogens is 262 g/mol. The van der Waals surface area contributed by atoms with Crippen LogP contribution in [-0.4, -0.2) is 23.3 Å². The number of hydrogen-bond acceptors (Lipinski definition) is 3. The van der Waals surface area contributed by atoms with Crippen molar-refractivity contribution in [3.63, 3.8) is 0 Å². The van der Waals surface area contributed by atoms with E-state index in [1.54, 1.807) is 0 Å². The molecule has 118 valence electrons. The summed E-state index contributed by atoms with van der Waals surface area (Å²) in [7, 11) is 0. The molecule has 0 radical (unpaired) electrons. The summed E-state index contributed by atoms with van der Waals surface area (Å²) in [6, 6.07) is 8.54. The van der Waals surface area contributed by atoms with Gasteiger partial charge < -0.3 is 15.2 Å². The van der Waals surface area contributed by atoms with Crippen molar-refractivity contribution < 1.29 is 9.47 Å². The van der Waals surface area contributed by atoms with E-state index >= 15 is 0 Å². The maximum absolute atomic E-state index is 6.16. The van der Waals surface area contributed by atoms with Gasteiger partial charge in [0, 0.05) is 12.5 Å². The van der Waals surface area contributed by atoms with Crippen LogP contribution in [0.3, 0.4) is 0 Å². The van der Waals surface area contributed by atoms with Crippen LogP contribution in [0.2, 0.25) is 0 Å². The van der Waals surface area contributed by atoms with Gasteiger partial charge in [-0.1, -0.05) is 19.1 Å². The largest absolute Gasteiger partial charge is 0.487 e. The van der Waals surface area contributed by atoms with Crippen LogP contribution < -0.4 is 10.5 Å². The Hall–Kier alpha value is -1.06. The quantitative estimate of drug-likeness (QED) is 0.900. The summed E-state index contributed by atoms with van der Waals surface area (Å²) in [6.45, 7) is 10.6. The van der Waals surface area contributed by atoms with E-state index in [2.05, 4.69) is 46.8 Å². The molecule has 1 saturated heterocycles. The minimum atomic E-state index is -0.257. The smallest absolute Gasteiger partial charge is 0.130 e. The first kappa shape index (κ1) is 16.3. The third kappa shape index (κ3) is 4.21. The predicted molar refractivity (Wildman–Crippen MR) is 86.7 cm³/mol. The molecule has 0 aliphatic carbocycles. The fourth-order valence-corrected chi connectivity index (χ4v) is 3.01. The number of benzene rings is 1. The highest BCUT2D eigenvalue weighted by Gasteiger charge is 2.47. The zero-order chi connectivity index (χ0) is 15.7. The van der Waals surface area contributed by atoms with Gasteiger partial charge in [0.05, 0.1) is 5.60 Å². The van der Waals surface area contributed by atoms with E-state index in [1.165, 1.54) is 5.56 Å². The van der Waals surface area contributed by atoms with Crippen LogP contribution in [0.25, 0.3) is 0 Å². The van der Waals surface area contributed by atoms with Crippen molar-refractivity contribution in [3.8, 4) is 5.75 Å². The van der Waals surface area contributed by atoms with E-state index in [0.717, 1.165) is 25.0 Å². The molecule has 1 fully saturated rings. The van der Waals surface area contributed by atoms with E-state index < -0.39 is 0 Å². The maximum atomic E-state index is 6.16. The number of hydrogen-bond donors (Lipinski definition) is 1. The molecule has 0 spiro atoms. The first-order chi connectivity index (χ1) is 9.72. The summed E-state index contributed by atoms with van der Waals surface area (Å²) in [5.41, 5.74) is 6.88. The van der Waals surface area contributed by atoms with Gasteiger partial charge in [0.1, 0.15) is 17.5 Å². The number of nitrogens with two attached hydrogens (primary N) is 1. The van der Waals surface area contributed by atoms with Crippen molar-refractivity contribution in [2.45, 2.75) is 77.2 Å². The fourth-order valence-electron chi connectivity index (χ4n) is 3.01. The zero-order valence-corrected chi connectivity index (χ0v) is 14.0. The van der Waals surface area contributed by atoms with Gasteiger partial charge in [0.2, 0.25) is 0 Å². The summed E-state index contributed by atoms with van der Waals surface area (Å²) < 4.78 is 12.2. The Morgan fingerprint density at radius 3 is 2.33 bits per heavy atom. The monoisotopic (exact) mass is 291 g/mol. The molecule has 1 aliphatic rings. The molecule has 0 bridgehead atoms. The second-order valence-electron chi connectivity index (χ2n) is 7.29. The van der Waals surface area contributed by atoms with Gasteiger partial charge in [-0.05, 0) is 58.2 Å². The molecule has 2 atom stereocenters. The molecule has 1 heterocycles. The van der Waals surface area contributed by atoms with Crippen molar-refractivity contribution in [3.05, 3.63) is 29.8 Å². The molecular formula is C18H29NO2. The fraction of sp³-hybridized carbons (Fsp3) is 0.667. The minimum Gasteiger partial charge on any atom is -0.487 e. The molecule has 3 heteroatoms. The van der Waals surface area contributed by atoms with Crippen LogP contribution in [0.5, 0.6) is 5.75 Å². The number of rotatable bonds is 5. The third-order valence-electron chi connectivity index (χ3n) is 4.22. The lowest BCUT2D eigenvalue weighted by Crippen LogP contribution is -2.36. The maximum Gasteiger partial charge on any atom is 0.130 e. The molecule has 2 N–H and O–H groups in total. The summed E-state index contributed by atoms with van der Waals surface area (Å²) in [4.78, 5) is 0. The van der Waals surface area contributed by atoms with Crippen molar-refractivity contribution in [2.24, 2.45) is 5.73 Å². The van der Waals surface area contributed by atoms with Crippen molar-refractivity contribution in [1.82, 2.24) is 0 Å². The predicted octanol–water partition coefficient (Wildman–Crippen LogP) is 3.69. The highest BCUT2D eigenvalue weighted by molar-refractivity contribution is 5.28. The van der Waals surface area contributed by atoms with Crippen LogP contribution in [0, 0.1) is 0 Å². The highest BCUT2D eigenvalue weighted by atomic mass is 16.6. The topological polar surface area (TPSA) is 44.5 Å². The van der Waals surface area contributed by atoms with Crippen molar-refractivity contribution >= 4 is 0 Å². The van der Waals surface area contributed by atoms with E-state index in [0.29, 0.717) is 0 Å². The molecule has 3 nitrogen and oxygen atoms in total. The van der Waals surface area contributed by atoms with E-state index in [-0.39, 0.29) is 23.3 Å². The van der Waals surface area contributed by atoms with Gasteiger partial charge in [-0.2, -0.15) is 0 Å². The molecule has 0 aromatic heterocycles. The van der Waals surface area contributed by atoms with Gasteiger partial charge in [0.15, 0.2) is 0 Å². The Labute approximate surface area is 128 Å². The van der Waals surface area contributed by atoms with Gasteiger partial charge >= 0.3 is 0 Å². The second-order valence-corrected chi connectivity index (χ2v) is 7.29. The lowest BCUT2D eigenvalue weighted by Gasteiger charge is -2.27. The second kappa shape index (κ2) is 5.98. The van der Waals surface area contributed by atoms with Crippen LogP contribution in [0.4, 0.5) is 0 Å². The first-order valence-corrected chi connectivity index (χ1v) is 7.93. The molecule has 2 rings (SSSR count). The van der Waals surface area contributed by atoms with Crippen LogP contribution in [0.15, 0.2) is 24.3 Å². The van der Waals surface area contributed by atoms with E-state index in [1.807, 2.05) is 12.1 Å². The van der Waals surface area contributed by atoms with Crippen LogP contribution in [0.1, 0.15) is 53.0 Å². The Kier molecular flexibility index (Phi) is 4.64. The molecule has 1 aromatic carbocycles. The van der Waals surface area contributed by atoms with Crippen LogP contribution in [-0.2, 0) is 11.2 Å². The molecule has 21 heavy (non-hydrogen) atoms. The lowest BCUT2D eigenvalue weighted by atomic mass is 9.97. The Balaban J connectivity index is 2.00. The molecule has 2 unspecified atom stereocenters. The third-order valence-corrected chi connectivity index (χ3v) is 4.22. The molecule has 0 amide bonds. The van der Waals surface area contributed by atoms with Crippen molar-refractivity contribution in [1.29, 1.82) is 0 Å². The average Bonchev–Trinajstić information content (AvgIpc) is 2.59. The molecule has 1 aromatic rings. The number of ether oxygens (including phenoxy) is 2. The normalized spacial score (nSPS) is 24.8. The van der Waals surface area contributed by atoms with Gasteiger partial charge in [-0.25, -0.2) is 0 Å². The Morgan fingerprint density at radius 1 is 1.24 bits per heavy atom. The molecule has 0 saturated carbocycles. The molecule has 1 aliphatic heterocycles. The van der Waals surface area contributed by atoms with E-state index in [9.17, 15) is 0 Å². The zero-order valence-electron chi connectivity index (χ0n) is 14.0. The SMILES string of the molecule is CCC(N)Cc1ccc(OC2CC(C)(C)OC2(C)C)cc1. The summed E-state index contributed by atoms with van der Waals surface area (Å²) in [5, 5.41) is 0. The lowest BCUT2D eigenvalue weighted by molar-refractivity contribution is -0.0846. The van der Waals surface area contributed by atoms with Gasteiger partial charge in [-0.3, -0.25) is 0 Å². The first-order valence-electron chi connectivity index (χ1n) is 7.93. The minimum absolute atomic E-state index is 0.0799.